The first-order valence-corrected chi connectivity index (χ1v) is 8.05. The minimum Gasteiger partial charge on any atom is -0.258 e. The maximum Gasteiger partial charge on any atom is 0.286 e. The van der Waals surface area contributed by atoms with Crippen molar-refractivity contribution in [3.8, 4) is 0 Å². The van der Waals surface area contributed by atoms with E-state index in [1.165, 1.54) is 0 Å². The van der Waals surface area contributed by atoms with E-state index in [-0.39, 0.29) is 0 Å². The summed E-state index contributed by atoms with van der Waals surface area (Å²) in [6.07, 6.45) is -1.49. The molecule has 0 saturated heterocycles. The van der Waals surface area contributed by atoms with E-state index in [0.717, 1.165) is 0 Å². The van der Waals surface area contributed by atoms with E-state index in [1.54, 1.807) is 0 Å². The molecule has 0 N–H and O–H groups in total. The van der Waals surface area contributed by atoms with Crippen molar-refractivity contribution in [2.24, 2.45) is 0 Å². The lowest BCUT2D eigenvalue weighted by Gasteiger charge is -2.07. The van der Waals surface area contributed by atoms with Crippen molar-refractivity contribution in [3.63, 3.8) is 0 Å². The number of nitro benzene ring substituents is 6. The Morgan fingerprint density at radius 1 is 0.438 bits per heavy atom. The maximum atomic E-state index is 11.3. The van der Waals surface area contributed by atoms with Crippen LogP contribution in [0.15, 0.2) is 24.3 Å². The zero-order valence-electron chi connectivity index (χ0n) is 15.3. The Kier molecular flexibility index (Phi) is 6.28. The number of nitro groups is 6. The van der Waals surface area contributed by atoms with Gasteiger partial charge < -0.3 is 0 Å². The Hall–Kier alpha value is -5.16. The molecule has 0 atom stereocenters. The van der Waals surface area contributed by atoms with Crippen LogP contribution in [0, 0.1) is 60.7 Å². The van der Waals surface area contributed by atoms with Gasteiger partial charge in [-0.25, -0.2) is 0 Å². The fraction of sp³-hybridized carbons (Fsp3) is 0.143. The SMILES string of the molecule is O=[N+]([O-])c1cc([N+](=O)[O-])c(CCc2c([N+](=O)[O-])cc([N+](=O)[O-])cc2[N+](=O)[O-])c([N+](=O)[O-])c1. The van der Waals surface area contributed by atoms with Gasteiger partial charge >= 0.3 is 0 Å². The van der Waals surface area contributed by atoms with E-state index in [4.69, 9.17) is 0 Å². The number of hydrogen-bond donors (Lipinski definition) is 0. The Balaban J connectivity index is 2.71. The zero-order chi connectivity index (χ0) is 24.3. The van der Waals surface area contributed by atoms with Crippen LogP contribution in [0.4, 0.5) is 34.1 Å². The molecule has 2 rings (SSSR count). The number of non-ortho nitro benzene ring substituents is 2. The zero-order valence-corrected chi connectivity index (χ0v) is 15.3. The number of rotatable bonds is 9. The molecule has 2 aromatic carbocycles. The van der Waals surface area contributed by atoms with Gasteiger partial charge in [-0.05, 0) is 12.8 Å². The summed E-state index contributed by atoms with van der Waals surface area (Å²) < 4.78 is 0. The van der Waals surface area contributed by atoms with Gasteiger partial charge in [-0.15, -0.1) is 0 Å². The molecule has 18 heteroatoms. The predicted molar refractivity (Wildman–Crippen MR) is 100 cm³/mol. The van der Waals surface area contributed by atoms with Gasteiger partial charge in [-0.2, -0.15) is 0 Å². The van der Waals surface area contributed by atoms with E-state index in [1.807, 2.05) is 0 Å². The van der Waals surface area contributed by atoms with Crippen LogP contribution in [0.1, 0.15) is 11.1 Å². The summed E-state index contributed by atoms with van der Waals surface area (Å²) in [5, 5.41) is 67.1. The van der Waals surface area contributed by atoms with Crippen LogP contribution in [0.3, 0.4) is 0 Å². The lowest BCUT2D eigenvalue weighted by atomic mass is 9.98. The van der Waals surface area contributed by atoms with Crippen LogP contribution in [0.2, 0.25) is 0 Å². The van der Waals surface area contributed by atoms with Crippen LogP contribution in [-0.2, 0) is 12.8 Å². The minimum absolute atomic E-state index is 0.445. The number of nitrogens with zero attached hydrogens (tertiary/aromatic N) is 6. The molecule has 0 spiro atoms. The summed E-state index contributed by atoms with van der Waals surface area (Å²) in [6.45, 7) is 0. The molecule has 0 aromatic heterocycles. The van der Waals surface area contributed by atoms with Gasteiger partial charge in [0.2, 0.25) is 0 Å². The van der Waals surface area contributed by atoms with Crippen molar-refractivity contribution in [1.82, 2.24) is 0 Å². The Bertz CT molecular complexity index is 1050. The summed E-state index contributed by atoms with van der Waals surface area (Å²) in [5.41, 5.74) is -7.44. The van der Waals surface area contributed by atoms with Crippen molar-refractivity contribution >= 4 is 34.1 Å². The van der Waals surface area contributed by atoms with Crippen molar-refractivity contribution in [3.05, 3.63) is 96.1 Å². The molecule has 0 radical (unpaired) electrons. The number of hydrogen-bond acceptors (Lipinski definition) is 12. The standard InChI is InChI=1S/C14H8N6O12/c21-15(22)7-3-11(17(25)26)9(12(4-7)18(27)28)1-2-10-13(19(29)30)5-8(16(23)24)6-14(10)20(31)32/h3-6H,1-2H2. The molecule has 166 valence electrons. The lowest BCUT2D eigenvalue weighted by molar-refractivity contribution is -0.405. The van der Waals surface area contributed by atoms with Crippen molar-refractivity contribution < 1.29 is 29.5 Å². The molecule has 0 saturated carbocycles. The Labute approximate surface area is 173 Å². The molecule has 18 nitrogen and oxygen atoms in total. The van der Waals surface area contributed by atoms with E-state index in [0.29, 0.717) is 24.3 Å². The molecule has 2 aromatic rings. The van der Waals surface area contributed by atoms with Gasteiger partial charge in [0.25, 0.3) is 34.1 Å². The van der Waals surface area contributed by atoms with Gasteiger partial charge in [0.15, 0.2) is 0 Å². The summed E-state index contributed by atoms with van der Waals surface area (Å²) in [4.78, 5) is 60.3. The van der Waals surface area contributed by atoms with Crippen LogP contribution in [0.25, 0.3) is 0 Å². The lowest BCUT2D eigenvalue weighted by Crippen LogP contribution is -2.07. The molecule has 0 aliphatic carbocycles. The van der Waals surface area contributed by atoms with Gasteiger partial charge in [0, 0.05) is 0 Å². The van der Waals surface area contributed by atoms with Crippen LogP contribution < -0.4 is 0 Å². The predicted octanol–water partition coefficient (Wildman–Crippen LogP) is 2.92. The molecule has 0 amide bonds. The third-order valence-corrected chi connectivity index (χ3v) is 4.21. The highest BCUT2D eigenvalue weighted by Crippen LogP contribution is 2.38. The van der Waals surface area contributed by atoms with Crippen molar-refractivity contribution in [1.29, 1.82) is 0 Å². The second-order valence-corrected chi connectivity index (χ2v) is 5.97. The molecule has 0 aliphatic heterocycles. The van der Waals surface area contributed by atoms with Crippen molar-refractivity contribution in [2.75, 3.05) is 0 Å². The summed E-state index contributed by atoms with van der Waals surface area (Å²) in [6, 6.07) is 1.78. The van der Waals surface area contributed by atoms with Gasteiger partial charge in [-0.1, -0.05) is 0 Å². The topological polar surface area (TPSA) is 259 Å². The van der Waals surface area contributed by atoms with Gasteiger partial charge in [0.1, 0.15) is 11.1 Å². The molecule has 0 heterocycles. The average molecular weight is 452 g/mol. The molecule has 0 fully saturated rings. The molecule has 0 aliphatic rings. The fourth-order valence-corrected chi connectivity index (χ4v) is 2.88. The monoisotopic (exact) mass is 452 g/mol. The van der Waals surface area contributed by atoms with Crippen LogP contribution >= 0.6 is 0 Å². The largest absolute Gasteiger partial charge is 0.286 e. The third kappa shape index (κ3) is 4.53. The molecular formula is C14H8N6O12. The van der Waals surface area contributed by atoms with Gasteiger partial charge in [-0.3, -0.25) is 60.7 Å². The first-order valence-electron chi connectivity index (χ1n) is 8.05. The second-order valence-electron chi connectivity index (χ2n) is 5.97. The molecule has 0 bridgehead atoms. The average Bonchev–Trinajstić information content (AvgIpc) is 2.70. The molecule has 0 unspecified atom stereocenters. The highest BCUT2D eigenvalue weighted by Gasteiger charge is 2.34. The Morgan fingerprint density at radius 2 is 0.656 bits per heavy atom. The smallest absolute Gasteiger partial charge is 0.258 e. The Morgan fingerprint density at radius 3 is 0.812 bits per heavy atom. The summed E-state index contributed by atoms with van der Waals surface area (Å²) in [5.74, 6) is 0. The highest BCUT2D eigenvalue weighted by molar-refractivity contribution is 5.63. The minimum atomic E-state index is -1.14. The van der Waals surface area contributed by atoms with Gasteiger partial charge in [0.05, 0.1) is 53.8 Å². The molecule has 32 heavy (non-hydrogen) atoms. The second kappa shape index (κ2) is 8.69. The first kappa shape index (κ1) is 23.1. The summed E-state index contributed by atoms with van der Waals surface area (Å²) >= 11 is 0. The third-order valence-electron chi connectivity index (χ3n) is 4.21. The van der Waals surface area contributed by atoms with Crippen molar-refractivity contribution in [2.45, 2.75) is 12.8 Å². The van der Waals surface area contributed by atoms with Crippen LogP contribution in [0.5, 0.6) is 0 Å². The van der Waals surface area contributed by atoms with E-state index in [2.05, 4.69) is 0 Å². The molecular weight excluding hydrogens is 444 g/mol. The number of benzene rings is 2. The maximum absolute atomic E-state index is 11.3. The van der Waals surface area contributed by atoms with E-state index < -0.39 is 87.6 Å². The highest BCUT2D eigenvalue weighted by atomic mass is 16.6. The van der Waals surface area contributed by atoms with E-state index >= 15 is 0 Å². The fourth-order valence-electron chi connectivity index (χ4n) is 2.88. The quantitative estimate of drug-likeness (QED) is 0.392. The normalized spacial score (nSPS) is 10.4. The van der Waals surface area contributed by atoms with Crippen LogP contribution in [-0.4, -0.2) is 29.5 Å². The first-order chi connectivity index (χ1) is 14.8. The summed E-state index contributed by atoms with van der Waals surface area (Å²) in [7, 11) is 0. The van der Waals surface area contributed by atoms with E-state index in [9.17, 15) is 60.7 Å².